The van der Waals surface area contributed by atoms with Gasteiger partial charge in [-0.05, 0) is 57.7 Å². The maximum atomic E-state index is 11.8. The molecule has 0 aliphatic heterocycles. The zero-order valence-electron chi connectivity index (χ0n) is 19.4. The molecule has 3 N–H and O–H groups in total. The molecule has 2 aromatic rings. The third-order valence-electron chi connectivity index (χ3n) is 4.21. The third-order valence-corrected chi connectivity index (χ3v) is 4.21. The molecule has 0 spiro atoms. The van der Waals surface area contributed by atoms with Crippen LogP contribution in [0.3, 0.4) is 0 Å². The van der Waals surface area contributed by atoms with Crippen molar-refractivity contribution in [2.24, 2.45) is 4.99 Å². The molecule has 0 aliphatic carbocycles. The first kappa shape index (κ1) is 24.2. The van der Waals surface area contributed by atoms with Crippen molar-refractivity contribution in [2.45, 2.75) is 66.0 Å². The van der Waals surface area contributed by atoms with E-state index in [1.165, 1.54) is 0 Å². The Morgan fingerprint density at radius 3 is 2.48 bits per heavy atom. The molecule has 0 saturated heterocycles. The van der Waals surface area contributed by atoms with E-state index >= 15 is 0 Å². The lowest BCUT2D eigenvalue weighted by atomic mass is 10.1. The lowest BCUT2D eigenvalue weighted by molar-refractivity contribution is 0.0636. The van der Waals surface area contributed by atoms with Crippen LogP contribution in [0.15, 0.2) is 39.8 Å². The summed E-state index contributed by atoms with van der Waals surface area (Å²) in [5.74, 6) is 1.81. The van der Waals surface area contributed by atoms with Crippen LogP contribution >= 0.6 is 0 Å². The minimum Gasteiger partial charge on any atom is -0.444 e. The smallest absolute Gasteiger partial charge is 0.412 e. The van der Waals surface area contributed by atoms with Gasteiger partial charge in [0.2, 0.25) is 0 Å². The molecule has 1 aromatic heterocycles. The fourth-order valence-corrected chi connectivity index (χ4v) is 2.68. The van der Waals surface area contributed by atoms with E-state index < -0.39 is 11.7 Å². The van der Waals surface area contributed by atoms with Crippen LogP contribution in [0.5, 0.6) is 0 Å². The van der Waals surface area contributed by atoms with Crippen molar-refractivity contribution in [2.75, 3.05) is 18.4 Å². The van der Waals surface area contributed by atoms with Crippen LogP contribution in [-0.4, -0.2) is 35.9 Å². The molecule has 0 aliphatic rings. The molecule has 8 nitrogen and oxygen atoms in total. The number of hydrogen-bond donors (Lipinski definition) is 3. The van der Waals surface area contributed by atoms with Crippen molar-refractivity contribution < 1.29 is 14.1 Å². The second-order valence-corrected chi connectivity index (χ2v) is 8.57. The second-order valence-electron chi connectivity index (χ2n) is 8.57. The summed E-state index contributed by atoms with van der Waals surface area (Å²) in [4.78, 5) is 16.4. The van der Waals surface area contributed by atoms with E-state index in [0.29, 0.717) is 18.2 Å². The number of amides is 1. The predicted octanol–water partition coefficient (Wildman–Crippen LogP) is 4.44. The maximum absolute atomic E-state index is 11.8. The molecule has 31 heavy (non-hydrogen) atoms. The highest BCUT2D eigenvalue weighted by atomic mass is 16.6. The molecule has 1 aromatic carbocycles. The van der Waals surface area contributed by atoms with Gasteiger partial charge in [-0.15, -0.1) is 0 Å². The number of nitrogens with one attached hydrogen (secondary N) is 3. The number of carbonyl (C=O) groups is 1. The molecule has 0 radical (unpaired) electrons. The van der Waals surface area contributed by atoms with Gasteiger partial charge in [0.05, 0.1) is 5.69 Å². The number of anilines is 1. The van der Waals surface area contributed by atoms with Gasteiger partial charge < -0.3 is 19.9 Å². The van der Waals surface area contributed by atoms with Crippen molar-refractivity contribution in [3.63, 3.8) is 0 Å². The Kier molecular flexibility index (Phi) is 8.90. The SMILES string of the molecule is CCNC(=NCc1cc(C(C)C)no1)NCCc1ccc(NC(=O)OC(C)(C)C)cc1. The Morgan fingerprint density at radius 2 is 1.90 bits per heavy atom. The van der Waals surface area contributed by atoms with E-state index in [4.69, 9.17) is 9.26 Å². The minimum absolute atomic E-state index is 0.332. The largest absolute Gasteiger partial charge is 0.444 e. The summed E-state index contributed by atoms with van der Waals surface area (Å²) in [7, 11) is 0. The van der Waals surface area contributed by atoms with Gasteiger partial charge in [-0.2, -0.15) is 0 Å². The van der Waals surface area contributed by atoms with E-state index in [0.717, 1.165) is 42.5 Å². The van der Waals surface area contributed by atoms with E-state index in [-0.39, 0.29) is 0 Å². The maximum Gasteiger partial charge on any atom is 0.412 e. The molecule has 2 rings (SSSR count). The summed E-state index contributed by atoms with van der Waals surface area (Å²) >= 11 is 0. The Labute approximate surface area is 184 Å². The van der Waals surface area contributed by atoms with Crippen molar-refractivity contribution in [3.05, 3.63) is 47.3 Å². The first-order valence-electron chi connectivity index (χ1n) is 10.7. The molecule has 0 atom stereocenters. The first-order chi connectivity index (χ1) is 14.7. The Hall–Kier alpha value is -3.03. The normalized spacial score (nSPS) is 12.0. The number of guanidine groups is 1. The van der Waals surface area contributed by atoms with Gasteiger partial charge in [0.1, 0.15) is 12.1 Å². The molecule has 8 heteroatoms. The quantitative estimate of drug-likeness (QED) is 0.424. The van der Waals surface area contributed by atoms with Gasteiger partial charge in [0.25, 0.3) is 0 Å². The van der Waals surface area contributed by atoms with Gasteiger partial charge >= 0.3 is 6.09 Å². The van der Waals surface area contributed by atoms with Crippen LogP contribution < -0.4 is 16.0 Å². The zero-order chi connectivity index (χ0) is 22.9. The van der Waals surface area contributed by atoms with Crippen molar-refractivity contribution in [3.8, 4) is 0 Å². The topological polar surface area (TPSA) is 101 Å². The lowest BCUT2D eigenvalue weighted by Gasteiger charge is -2.19. The van der Waals surface area contributed by atoms with Crippen molar-refractivity contribution in [1.82, 2.24) is 15.8 Å². The van der Waals surface area contributed by atoms with Crippen LogP contribution in [0, 0.1) is 0 Å². The number of ether oxygens (including phenoxy) is 1. The molecule has 0 fully saturated rings. The summed E-state index contributed by atoms with van der Waals surface area (Å²) < 4.78 is 10.6. The fraction of sp³-hybridized carbons (Fsp3) is 0.522. The van der Waals surface area contributed by atoms with Crippen molar-refractivity contribution >= 4 is 17.7 Å². The molecular formula is C23H35N5O3. The fourth-order valence-electron chi connectivity index (χ4n) is 2.68. The number of nitrogens with zero attached hydrogens (tertiary/aromatic N) is 2. The highest BCUT2D eigenvalue weighted by Crippen LogP contribution is 2.15. The summed E-state index contributed by atoms with van der Waals surface area (Å²) in [5, 5.41) is 13.4. The summed E-state index contributed by atoms with van der Waals surface area (Å²) in [6, 6.07) is 9.66. The molecule has 0 saturated carbocycles. The number of benzene rings is 1. The molecule has 170 valence electrons. The average molecular weight is 430 g/mol. The van der Waals surface area contributed by atoms with Gasteiger partial charge in [-0.25, -0.2) is 9.79 Å². The molecule has 1 heterocycles. The summed E-state index contributed by atoms with van der Waals surface area (Å²) in [6.07, 6.45) is 0.359. The number of rotatable bonds is 8. The van der Waals surface area contributed by atoms with Gasteiger partial charge in [0.15, 0.2) is 11.7 Å². The number of hydrogen-bond acceptors (Lipinski definition) is 5. The van der Waals surface area contributed by atoms with E-state index in [1.807, 2.05) is 58.0 Å². The summed E-state index contributed by atoms with van der Waals surface area (Å²) in [6.45, 7) is 13.6. The monoisotopic (exact) mass is 429 g/mol. The van der Waals surface area contributed by atoms with E-state index in [2.05, 4.69) is 39.9 Å². The van der Waals surface area contributed by atoms with E-state index in [9.17, 15) is 4.79 Å². The number of carbonyl (C=O) groups excluding carboxylic acids is 1. The van der Waals surface area contributed by atoms with Gasteiger partial charge in [-0.1, -0.05) is 31.1 Å². The zero-order valence-corrected chi connectivity index (χ0v) is 19.4. The van der Waals surface area contributed by atoms with Crippen molar-refractivity contribution in [1.29, 1.82) is 0 Å². The van der Waals surface area contributed by atoms with Gasteiger partial charge in [-0.3, -0.25) is 5.32 Å². The van der Waals surface area contributed by atoms with E-state index in [1.54, 1.807) is 0 Å². The Balaban J connectivity index is 1.82. The highest BCUT2D eigenvalue weighted by Gasteiger charge is 2.16. The molecule has 1 amide bonds. The first-order valence-corrected chi connectivity index (χ1v) is 10.7. The minimum atomic E-state index is -0.522. The molecular weight excluding hydrogens is 394 g/mol. The average Bonchev–Trinajstić information content (AvgIpc) is 3.15. The second kappa shape index (κ2) is 11.4. The number of aliphatic imine (C=N–C) groups is 1. The van der Waals surface area contributed by atoms with Crippen LogP contribution in [0.25, 0.3) is 0 Å². The molecule has 0 bridgehead atoms. The third kappa shape index (κ3) is 9.11. The Bertz CT molecular complexity index is 851. The highest BCUT2D eigenvalue weighted by molar-refractivity contribution is 5.84. The standard InChI is InChI=1S/C23H35N5O3/c1-7-24-21(26-15-19-14-20(16(2)3)28-31-19)25-13-12-17-8-10-18(11-9-17)27-22(29)30-23(4,5)6/h8-11,14,16H,7,12-13,15H2,1-6H3,(H,27,29)(H2,24,25,26). The predicted molar refractivity (Wildman–Crippen MR) is 123 cm³/mol. The van der Waals surface area contributed by atoms with Crippen LogP contribution in [-0.2, 0) is 17.7 Å². The summed E-state index contributed by atoms with van der Waals surface area (Å²) in [5.41, 5.74) is 2.27. The van der Waals surface area contributed by atoms with Crippen LogP contribution in [0.4, 0.5) is 10.5 Å². The number of aromatic nitrogens is 1. The molecule has 0 unspecified atom stereocenters. The van der Waals surface area contributed by atoms with Crippen LogP contribution in [0.2, 0.25) is 0 Å². The van der Waals surface area contributed by atoms with Gasteiger partial charge in [0, 0.05) is 24.8 Å². The Morgan fingerprint density at radius 1 is 1.19 bits per heavy atom. The van der Waals surface area contributed by atoms with Crippen LogP contribution in [0.1, 0.15) is 64.5 Å². The lowest BCUT2D eigenvalue weighted by Crippen LogP contribution is -2.38.